The molecule has 2 nitrogen and oxygen atoms in total. The van der Waals surface area contributed by atoms with E-state index in [4.69, 9.17) is 0 Å². The molecule has 11 aromatic rings. The van der Waals surface area contributed by atoms with Crippen LogP contribution in [0.4, 0.5) is 17.1 Å². The molecule has 0 N–H and O–H groups in total. The molecule has 0 atom stereocenters. The molecule has 60 heavy (non-hydrogen) atoms. The van der Waals surface area contributed by atoms with Crippen molar-refractivity contribution >= 4 is 59.6 Å². The topological polar surface area (TPSA) is 8.17 Å². The number of fused-ring (bicyclic) bond motifs is 5. The standard InChI is InChI=1S/C57H40N2S/c1-39-16-18-46(19-17-39)47-28-37-54-53(38-47)57-56(52-14-8-9-15-55(52)60-57)59(54)51-35-26-45(27-36-51)44-24-33-50(34-25-44)58(48-29-20-42(21-30-48)40-10-4-2-5-11-40)49-31-22-43(23-32-49)41-12-6-3-7-13-41/h2-38H,1H3. The Bertz CT molecular complexity index is 3170. The molecule has 0 saturated heterocycles. The fraction of sp³-hybridized carbons (Fsp3) is 0.0175. The lowest BCUT2D eigenvalue weighted by atomic mass is 10.0. The van der Waals surface area contributed by atoms with Crippen molar-refractivity contribution in [3.05, 3.63) is 230 Å². The molecule has 0 radical (unpaired) electrons. The maximum Gasteiger partial charge on any atom is 0.0727 e. The number of benzene rings is 9. The quantitative estimate of drug-likeness (QED) is 0.149. The highest BCUT2D eigenvalue weighted by Gasteiger charge is 2.19. The zero-order chi connectivity index (χ0) is 40.0. The number of rotatable bonds is 8. The highest BCUT2D eigenvalue weighted by Crippen LogP contribution is 2.44. The van der Waals surface area contributed by atoms with Gasteiger partial charge in [0.05, 0.1) is 15.7 Å². The van der Waals surface area contributed by atoms with E-state index in [1.54, 1.807) is 0 Å². The minimum Gasteiger partial charge on any atom is -0.311 e. The van der Waals surface area contributed by atoms with E-state index in [9.17, 15) is 0 Å². The third-order valence-corrected chi connectivity index (χ3v) is 12.9. The van der Waals surface area contributed by atoms with Gasteiger partial charge in [0.25, 0.3) is 0 Å². The second-order valence-electron chi connectivity index (χ2n) is 15.5. The van der Waals surface area contributed by atoms with Crippen molar-refractivity contribution in [3.63, 3.8) is 0 Å². The lowest BCUT2D eigenvalue weighted by molar-refractivity contribution is 1.19. The van der Waals surface area contributed by atoms with Crippen LogP contribution < -0.4 is 4.90 Å². The van der Waals surface area contributed by atoms with Crippen molar-refractivity contribution in [3.8, 4) is 50.2 Å². The van der Waals surface area contributed by atoms with Gasteiger partial charge in [-0.15, -0.1) is 11.3 Å². The Hall–Kier alpha value is -7.46. The third-order valence-electron chi connectivity index (χ3n) is 11.7. The third kappa shape index (κ3) is 6.46. The molecule has 0 unspecified atom stereocenters. The zero-order valence-electron chi connectivity index (χ0n) is 33.2. The molecule has 3 heteroatoms. The molecule has 0 bridgehead atoms. The van der Waals surface area contributed by atoms with Crippen molar-refractivity contribution < 1.29 is 0 Å². The van der Waals surface area contributed by atoms with Crippen molar-refractivity contribution in [2.24, 2.45) is 0 Å². The van der Waals surface area contributed by atoms with Crippen LogP contribution in [0, 0.1) is 6.92 Å². The molecule has 11 rings (SSSR count). The molecule has 9 aromatic carbocycles. The fourth-order valence-electron chi connectivity index (χ4n) is 8.58. The number of nitrogens with zero attached hydrogens (tertiary/aromatic N) is 2. The fourth-order valence-corrected chi connectivity index (χ4v) is 9.80. The van der Waals surface area contributed by atoms with Gasteiger partial charge in [-0.25, -0.2) is 0 Å². The molecule has 0 aliphatic heterocycles. The van der Waals surface area contributed by atoms with Crippen LogP contribution in [-0.4, -0.2) is 4.57 Å². The van der Waals surface area contributed by atoms with Crippen LogP contribution in [0.1, 0.15) is 5.56 Å². The van der Waals surface area contributed by atoms with E-state index in [2.05, 4.69) is 241 Å². The normalized spacial score (nSPS) is 11.4. The molecular weight excluding hydrogens is 745 g/mol. The second kappa shape index (κ2) is 15.0. The van der Waals surface area contributed by atoms with Gasteiger partial charge in [-0.05, 0) is 118 Å². The van der Waals surface area contributed by atoms with Gasteiger partial charge < -0.3 is 9.47 Å². The van der Waals surface area contributed by atoms with Crippen molar-refractivity contribution in [2.75, 3.05) is 4.90 Å². The predicted octanol–water partition coefficient (Wildman–Crippen LogP) is 16.4. The summed E-state index contributed by atoms with van der Waals surface area (Å²) in [6, 6.07) is 81.5. The van der Waals surface area contributed by atoms with E-state index in [1.165, 1.54) is 81.3 Å². The van der Waals surface area contributed by atoms with Crippen molar-refractivity contribution in [1.82, 2.24) is 4.57 Å². The van der Waals surface area contributed by atoms with Gasteiger partial charge in [0.1, 0.15) is 0 Å². The monoisotopic (exact) mass is 784 g/mol. The Kier molecular flexibility index (Phi) is 8.95. The van der Waals surface area contributed by atoms with Gasteiger partial charge in [0.15, 0.2) is 0 Å². The average molecular weight is 785 g/mol. The minimum atomic E-state index is 1.10. The first-order valence-corrected chi connectivity index (χ1v) is 21.3. The average Bonchev–Trinajstić information content (AvgIpc) is 3.85. The Morgan fingerprint density at radius 2 is 0.783 bits per heavy atom. The van der Waals surface area contributed by atoms with Crippen LogP contribution in [0.2, 0.25) is 0 Å². The Morgan fingerprint density at radius 3 is 1.32 bits per heavy atom. The van der Waals surface area contributed by atoms with Crippen molar-refractivity contribution in [1.29, 1.82) is 0 Å². The summed E-state index contributed by atoms with van der Waals surface area (Å²) in [5.74, 6) is 0. The molecule has 284 valence electrons. The first kappa shape index (κ1) is 35.7. The first-order chi connectivity index (χ1) is 29.6. The van der Waals surface area contributed by atoms with Gasteiger partial charge in [-0.3, -0.25) is 0 Å². The van der Waals surface area contributed by atoms with E-state index in [0.717, 1.165) is 22.7 Å². The smallest absolute Gasteiger partial charge is 0.0727 e. The number of thiophene rings is 1. The number of hydrogen-bond donors (Lipinski definition) is 0. The zero-order valence-corrected chi connectivity index (χ0v) is 34.0. The van der Waals surface area contributed by atoms with Crippen LogP contribution in [-0.2, 0) is 0 Å². The highest BCUT2D eigenvalue weighted by molar-refractivity contribution is 7.26. The predicted molar refractivity (Wildman–Crippen MR) is 257 cm³/mol. The van der Waals surface area contributed by atoms with E-state index in [0.29, 0.717) is 0 Å². The van der Waals surface area contributed by atoms with Crippen LogP contribution in [0.3, 0.4) is 0 Å². The summed E-state index contributed by atoms with van der Waals surface area (Å²) in [7, 11) is 0. The maximum atomic E-state index is 2.46. The van der Waals surface area contributed by atoms with Crippen LogP contribution in [0.15, 0.2) is 224 Å². The van der Waals surface area contributed by atoms with Gasteiger partial charge in [0, 0.05) is 38.2 Å². The maximum absolute atomic E-state index is 2.46. The number of hydrogen-bond acceptors (Lipinski definition) is 2. The molecule has 0 amide bonds. The summed E-state index contributed by atoms with van der Waals surface area (Å²) in [6.07, 6.45) is 0. The molecule has 0 aliphatic rings. The minimum absolute atomic E-state index is 1.10. The van der Waals surface area contributed by atoms with E-state index >= 15 is 0 Å². The van der Waals surface area contributed by atoms with E-state index in [1.807, 2.05) is 11.3 Å². The summed E-state index contributed by atoms with van der Waals surface area (Å²) >= 11 is 1.89. The van der Waals surface area contributed by atoms with Gasteiger partial charge in [-0.2, -0.15) is 0 Å². The molecule has 0 fully saturated rings. The summed E-state index contributed by atoms with van der Waals surface area (Å²) < 4.78 is 5.09. The lowest BCUT2D eigenvalue weighted by Crippen LogP contribution is -2.09. The Balaban J connectivity index is 0.946. The summed E-state index contributed by atoms with van der Waals surface area (Å²) in [5, 5.41) is 2.58. The Labute approximate surface area is 354 Å². The Morgan fingerprint density at radius 1 is 0.367 bits per heavy atom. The summed E-state index contributed by atoms with van der Waals surface area (Å²) in [6.45, 7) is 2.14. The summed E-state index contributed by atoms with van der Waals surface area (Å²) in [4.78, 5) is 2.34. The van der Waals surface area contributed by atoms with Gasteiger partial charge >= 0.3 is 0 Å². The molecule has 0 spiro atoms. The molecular formula is C57H40N2S. The SMILES string of the molecule is Cc1ccc(-c2ccc3c(c2)c2sc4ccccc4c2n3-c2ccc(-c3ccc(N(c4ccc(-c5ccccc5)cc4)c4ccc(-c5ccccc5)cc4)cc3)cc2)cc1. The summed E-state index contributed by atoms with van der Waals surface area (Å²) in [5.41, 5.74) is 17.9. The van der Waals surface area contributed by atoms with Crippen molar-refractivity contribution in [2.45, 2.75) is 6.92 Å². The largest absolute Gasteiger partial charge is 0.311 e. The van der Waals surface area contributed by atoms with E-state index < -0.39 is 0 Å². The van der Waals surface area contributed by atoms with Crippen LogP contribution in [0.5, 0.6) is 0 Å². The molecule has 2 aromatic heterocycles. The number of aromatic nitrogens is 1. The lowest BCUT2D eigenvalue weighted by Gasteiger charge is -2.26. The second-order valence-corrected chi connectivity index (χ2v) is 16.5. The van der Waals surface area contributed by atoms with Crippen LogP contribution >= 0.6 is 11.3 Å². The van der Waals surface area contributed by atoms with Gasteiger partial charge in [-0.1, -0.05) is 163 Å². The number of anilines is 3. The highest BCUT2D eigenvalue weighted by atomic mass is 32.1. The van der Waals surface area contributed by atoms with Gasteiger partial charge in [0.2, 0.25) is 0 Å². The molecule has 2 heterocycles. The van der Waals surface area contributed by atoms with Crippen LogP contribution in [0.25, 0.3) is 81.4 Å². The first-order valence-electron chi connectivity index (χ1n) is 20.5. The number of aryl methyl sites for hydroxylation is 1. The molecule has 0 saturated carbocycles. The van der Waals surface area contributed by atoms with E-state index in [-0.39, 0.29) is 0 Å². The molecule has 0 aliphatic carbocycles.